The van der Waals surface area contributed by atoms with Crippen LogP contribution in [0.2, 0.25) is 0 Å². The Morgan fingerprint density at radius 3 is 2.31 bits per heavy atom. The van der Waals surface area contributed by atoms with Crippen LogP contribution in [0.15, 0.2) is 0 Å². The highest BCUT2D eigenvalue weighted by Gasteiger charge is 2.47. The fraction of sp³-hybridized carbons (Fsp3) is 0.875. The normalized spacial score (nSPS) is 41.7. The minimum atomic E-state index is -1.64. The van der Waals surface area contributed by atoms with E-state index >= 15 is 0 Å². The van der Waals surface area contributed by atoms with E-state index in [1.807, 2.05) is 0 Å². The molecule has 0 spiro atoms. The van der Waals surface area contributed by atoms with E-state index in [0.29, 0.717) is 12.8 Å². The van der Waals surface area contributed by atoms with Crippen LogP contribution in [-0.4, -0.2) is 86.5 Å². The molecular formula is C16H26O10. The Morgan fingerprint density at radius 1 is 1.12 bits per heavy atom. The van der Waals surface area contributed by atoms with Crippen molar-refractivity contribution in [2.45, 2.75) is 50.5 Å². The molecule has 0 aromatic rings. The second-order valence-electron chi connectivity index (χ2n) is 7.06. The Balaban J connectivity index is 2.07. The average molecular weight is 378 g/mol. The van der Waals surface area contributed by atoms with E-state index in [0.717, 1.165) is 0 Å². The predicted molar refractivity (Wildman–Crippen MR) is 83.9 cm³/mol. The number of hydrogen-bond acceptors (Lipinski definition) is 8. The Kier molecular flexibility index (Phi) is 6.94. The molecule has 0 amide bonds. The van der Waals surface area contributed by atoms with Crippen LogP contribution in [0.25, 0.3) is 0 Å². The molecule has 2 rings (SSSR count). The molecule has 10 heteroatoms. The molecule has 150 valence electrons. The van der Waals surface area contributed by atoms with Crippen molar-refractivity contribution in [1.29, 1.82) is 0 Å². The summed E-state index contributed by atoms with van der Waals surface area (Å²) < 4.78 is 10.5. The molecule has 6 N–H and O–H groups in total. The number of ether oxygens (including phenoxy) is 2. The Bertz CT molecular complexity index is 509. The molecule has 1 saturated carbocycles. The SMILES string of the molecule is C[C@H]1CC[C@H](C(CO[C@@H]2O[C@H](CO)[C@@H](O)[C@@H](O)[C@H]2O)C(=O)O)[C@@H]1C(=O)O. The molecule has 10 nitrogen and oxygen atoms in total. The third kappa shape index (κ3) is 4.16. The first-order chi connectivity index (χ1) is 12.2. The van der Waals surface area contributed by atoms with Gasteiger partial charge < -0.3 is 40.1 Å². The zero-order chi connectivity index (χ0) is 19.6. The van der Waals surface area contributed by atoms with Gasteiger partial charge in [-0.2, -0.15) is 0 Å². The van der Waals surface area contributed by atoms with E-state index in [9.17, 15) is 35.1 Å². The van der Waals surface area contributed by atoms with E-state index in [1.54, 1.807) is 6.92 Å². The van der Waals surface area contributed by atoms with Crippen LogP contribution in [0.5, 0.6) is 0 Å². The monoisotopic (exact) mass is 378 g/mol. The summed E-state index contributed by atoms with van der Waals surface area (Å²) in [5.41, 5.74) is 0. The number of aliphatic hydroxyl groups is 4. The van der Waals surface area contributed by atoms with Crippen molar-refractivity contribution in [2.75, 3.05) is 13.2 Å². The highest BCUT2D eigenvalue weighted by Crippen LogP contribution is 2.42. The van der Waals surface area contributed by atoms with Gasteiger partial charge in [-0.25, -0.2) is 0 Å². The molecule has 0 radical (unpaired) electrons. The van der Waals surface area contributed by atoms with Crippen molar-refractivity contribution < 1.29 is 49.7 Å². The molecule has 0 bridgehead atoms. The van der Waals surface area contributed by atoms with Crippen LogP contribution in [-0.2, 0) is 19.1 Å². The van der Waals surface area contributed by atoms with Gasteiger partial charge in [-0.15, -0.1) is 0 Å². The minimum absolute atomic E-state index is 0.161. The number of hydrogen-bond donors (Lipinski definition) is 6. The van der Waals surface area contributed by atoms with Crippen molar-refractivity contribution in [3.8, 4) is 0 Å². The predicted octanol–water partition coefficient (Wildman–Crippen LogP) is -1.75. The third-order valence-corrected chi connectivity index (χ3v) is 5.44. The second kappa shape index (κ2) is 8.59. The standard InChI is InChI=1S/C16H26O10/c1-6-2-3-7(10(6)15(23)24)8(14(21)22)5-25-16-13(20)12(19)11(18)9(4-17)26-16/h6-13,16-20H,2-5H2,1H3,(H,21,22)(H,23,24)/t6-,7+,8?,9+,10+,11+,12+,13+,16+/m0/s1. The third-order valence-electron chi connectivity index (χ3n) is 5.44. The molecule has 2 fully saturated rings. The lowest BCUT2D eigenvalue weighted by atomic mass is 9.81. The molecule has 2 aliphatic rings. The summed E-state index contributed by atoms with van der Waals surface area (Å²) in [6.07, 6.45) is -6.42. The van der Waals surface area contributed by atoms with E-state index in [2.05, 4.69) is 0 Å². The Morgan fingerprint density at radius 2 is 1.77 bits per heavy atom. The molecule has 1 aliphatic heterocycles. The first kappa shape index (κ1) is 21.0. The van der Waals surface area contributed by atoms with Gasteiger partial charge in [0.2, 0.25) is 0 Å². The van der Waals surface area contributed by atoms with Gasteiger partial charge in [-0.1, -0.05) is 6.92 Å². The summed E-state index contributed by atoms with van der Waals surface area (Å²) in [4.78, 5) is 23.1. The van der Waals surface area contributed by atoms with Gasteiger partial charge in [0.15, 0.2) is 6.29 Å². The topological polar surface area (TPSA) is 174 Å². The average Bonchev–Trinajstić information content (AvgIpc) is 2.96. The van der Waals surface area contributed by atoms with Gasteiger partial charge in [0, 0.05) is 0 Å². The molecule has 1 heterocycles. The van der Waals surface area contributed by atoms with Crippen LogP contribution in [0.1, 0.15) is 19.8 Å². The van der Waals surface area contributed by atoms with Gasteiger partial charge in [-0.05, 0) is 24.7 Å². The number of carboxylic acids is 2. The quantitative estimate of drug-likeness (QED) is 0.298. The first-order valence-electron chi connectivity index (χ1n) is 8.56. The molecule has 0 aromatic heterocycles. The number of carbonyl (C=O) groups is 2. The first-order valence-corrected chi connectivity index (χ1v) is 8.56. The van der Waals surface area contributed by atoms with Gasteiger partial charge in [0.25, 0.3) is 0 Å². The highest BCUT2D eigenvalue weighted by atomic mass is 16.7. The van der Waals surface area contributed by atoms with E-state index in [4.69, 9.17) is 14.6 Å². The molecule has 1 saturated heterocycles. The highest BCUT2D eigenvalue weighted by molar-refractivity contribution is 5.75. The molecular weight excluding hydrogens is 352 g/mol. The maximum absolute atomic E-state index is 11.6. The van der Waals surface area contributed by atoms with Gasteiger partial charge >= 0.3 is 11.9 Å². The zero-order valence-corrected chi connectivity index (χ0v) is 14.3. The van der Waals surface area contributed by atoms with E-state index < -0.39 is 73.6 Å². The van der Waals surface area contributed by atoms with Crippen molar-refractivity contribution >= 4 is 11.9 Å². The van der Waals surface area contributed by atoms with Gasteiger partial charge in [0.1, 0.15) is 24.4 Å². The molecule has 26 heavy (non-hydrogen) atoms. The lowest BCUT2D eigenvalue weighted by Crippen LogP contribution is -2.59. The number of aliphatic carboxylic acids is 2. The van der Waals surface area contributed by atoms with E-state index in [-0.39, 0.29) is 5.92 Å². The van der Waals surface area contributed by atoms with Crippen LogP contribution in [0, 0.1) is 23.7 Å². The molecule has 1 unspecified atom stereocenters. The van der Waals surface area contributed by atoms with Gasteiger partial charge in [-0.3, -0.25) is 9.59 Å². The second-order valence-corrected chi connectivity index (χ2v) is 7.06. The van der Waals surface area contributed by atoms with E-state index in [1.165, 1.54) is 0 Å². The Labute approximate surface area is 150 Å². The van der Waals surface area contributed by atoms with Crippen LogP contribution in [0.4, 0.5) is 0 Å². The van der Waals surface area contributed by atoms with Crippen molar-refractivity contribution in [3.63, 3.8) is 0 Å². The van der Waals surface area contributed by atoms with Crippen molar-refractivity contribution in [2.24, 2.45) is 23.7 Å². The smallest absolute Gasteiger partial charge is 0.309 e. The van der Waals surface area contributed by atoms with Gasteiger partial charge in [0.05, 0.1) is 25.0 Å². The van der Waals surface area contributed by atoms with Crippen LogP contribution >= 0.6 is 0 Å². The molecule has 1 aliphatic carbocycles. The van der Waals surface area contributed by atoms with Crippen LogP contribution < -0.4 is 0 Å². The summed E-state index contributed by atoms with van der Waals surface area (Å²) in [6, 6.07) is 0. The largest absolute Gasteiger partial charge is 0.481 e. The summed E-state index contributed by atoms with van der Waals surface area (Å²) >= 11 is 0. The van der Waals surface area contributed by atoms with Crippen molar-refractivity contribution in [1.82, 2.24) is 0 Å². The fourth-order valence-corrected chi connectivity index (χ4v) is 3.90. The number of rotatable bonds is 7. The molecule has 9 atom stereocenters. The maximum atomic E-state index is 11.6. The van der Waals surface area contributed by atoms with Crippen LogP contribution in [0.3, 0.4) is 0 Å². The summed E-state index contributed by atoms with van der Waals surface area (Å²) in [7, 11) is 0. The minimum Gasteiger partial charge on any atom is -0.481 e. The van der Waals surface area contributed by atoms with Crippen molar-refractivity contribution in [3.05, 3.63) is 0 Å². The zero-order valence-electron chi connectivity index (χ0n) is 14.3. The maximum Gasteiger partial charge on any atom is 0.309 e. The Hall–Kier alpha value is -1.30. The summed E-state index contributed by atoms with van der Waals surface area (Å²) in [5.74, 6) is -5.02. The number of carboxylic acid groups (broad SMARTS) is 2. The summed E-state index contributed by atoms with van der Waals surface area (Å²) in [6.45, 7) is 0.698. The summed E-state index contributed by atoms with van der Waals surface area (Å²) in [5, 5.41) is 57.4. The fourth-order valence-electron chi connectivity index (χ4n) is 3.90. The molecule has 0 aromatic carbocycles. The lowest BCUT2D eigenvalue weighted by Gasteiger charge is -2.40. The lowest BCUT2D eigenvalue weighted by molar-refractivity contribution is -0.303. The number of aliphatic hydroxyl groups excluding tert-OH is 4.